The molecule has 2 N–H and O–H groups in total. The van der Waals surface area contributed by atoms with Crippen molar-refractivity contribution in [1.29, 1.82) is 0 Å². The van der Waals surface area contributed by atoms with E-state index in [1.807, 2.05) is 13.8 Å². The summed E-state index contributed by atoms with van der Waals surface area (Å²) in [5, 5.41) is 13.0. The second-order valence-electron chi connectivity index (χ2n) is 31.7. The first-order chi connectivity index (χ1) is 68.7. The number of hydrazine groups is 2. The molecule has 3 aromatic rings. The predicted octanol–water partition coefficient (Wildman–Crippen LogP) is 15.3. The summed E-state index contributed by atoms with van der Waals surface area (Å²) in [7, 11) is 6.18. The molecule has 7 aliphatic rings. The van der Waals surface area contributed by atoms with Crippen LogP contribution < -0.4 is 39.4 Å². The maximum Gasteiger partial charge on any atom is 0.317 e. The number of carbonyl (C=O) groups excluding carboxylic acids is 18. The highest BCUT2D eigenvalue weighted by molar-refractivity contribution is 9.10. The van der Waals surface area contributed by atoms with Crippen LogP contribution in [0, 0.1) is 0 Å². The van der Waals surface area contributed by atoms with Crippen LogP contribution in [0.3, 0.4) is 0 Å². The third kappa shape index (κ3) is 50.1. The molecule has 144 heavy (non-hydrogen) atoms. The molecule has 806 valence electrons. The number of aromatic nitrogens is 2. The van der Waals surface area contributed by atoms with Gasteiger partial charge in [0.05, 0.1) is 82.4 Å². The van der Waals surface area contributed by atoms with Crippen molar-refractivity contribution < 1.29 is 143 Å². The van der Waals surface area contributed by atoms with E-state index in [0.29, 0.717) is 142 Å². The van der Waals surface area contributed by atoms with Gasteiger partial charge in [0.1, 0.15) is 105 Å². The lowest BCUT2D eigenvalue weighted by Gasteiger charge is -2.38. The zero-order valence-corrected chi connectivity index (χ0v) is 97.6. The summed E-state index contributed by atoms with van der Waals surface area (Å²) in [5.41, 5.74) is 3.25. The van der Waals surface area contributed by atoms with Crippen molar-refractivity contribution in [2.45, 2.75) is 272 Å². The van der Waals surface area contributed by atoms with E-state index in [4.69, 9.17) is 56.8 Å². The Labute approximate surface area is 916 Å². The standard InChI is InChI=1S/C14H18BrNO4.C13H13BrN2O4.2C11H17BrO4.C10H12BrN3O2.C10H15BrO4.C10H13BrO4.C9H15BrN2O2.C7H13BrN2O2/c1-4-10(17)5-9-6-13(20-3)11(7-12(9)19-2)16-14(18)8-15;1-2-12(17)15-6-19-10-4-9-11(3-8(10)15)20-7-16(9)13(18)5-14;1-2-10(13)15-8-3-5-9(6-4-8)16-11(14)7-12;1-2-10(13)15-8-4-3-5-9(6-8)16-11(14)7-12;1-2-8(15)3-7-5-13-9(6-12-7)14-10(16)4-11;2*1-2-9(12)14-7-3-4-8(5-7)15-10(13)6-11;1-2-8(13)11-5-3-4-6-12(11)9(14)7-10;1-4-6(11)9(2)10(3)7(12)5-8/h6-7H,4-5,8H2,1-3H3,(H,16,18);3-4H,2,5-7H2,1H3;2*8-9H,2-7H2,1H3;5-6H,2-4H2,1H3,(H,13,14,16);7-8H,2-6H2,1H3;3-4,7-8H,2,5-6H2,1H3;2-7H2,1H3;4-5H2,1-3H3/t;;;8-,9+;;2*7-,8+;;/m...1.11../s1. The molecule has 0 spiro atoms. The third-order valence-electron chi connectivity index (χ3n) is 21.3. The molecule has 10 rings (SSSR count). The Kier molecular flexibility index (Phi) is 68.1. The summed E-state index contributed by atoms with van der Waals surface area (Å²) in [6, 6.07) is 6.89. The van der Waals surface area contributed by atoms with E-state index in [2.05, 4.69) is 164 Å². The average molecular weight is 2610 g/mol. The number of rotatable bonds is 34. The van der Waals surface area contributed by atoms with Gasteiger partial charge in [-0.05, 0) is 88.8 Å². The Balaban J connectivity index is 0.000000550. The smallest absolute Gasteiger partial charge is 0.317 e. The summed E-state index contributed by atoms with van der Waals surface area (Å²) < 4.78 is 62.8. The van der Waals surface area contributed by atoms with Crippen LogP contribution in [0.5, 0.6) is 23.0 Å². The molecule has 2 aromatic carbocycles. The summed E-state index contributed by atoms with van der Waals surface area (Å²) in [5.74, 6) is 0.354. The van der Waals surface area contributed by atoms with E-state index < -0.39 is 0 Å². The van der Waals surface area contributed by atoms with Crippen molar-refractivity contribution in [2.75, 3.05) is 123 Å². The number of Topliss-reactive ketones (excluding diaryl/α,β-unsaturated/α-hetero) is 2. The summed E-state index contributed by atoms with van der Waals surface area (Å²) in [4.78, 5) is 213. The van der Waals surface area contributed by atoms with Gasteiger partial charge in [-0.2, -0.15) is 0 Å². The molecular formula is C95H133Br9N10O30. The molecule has 1 aromatic heterocycles. The minimum Gasteiger partial charge on any atom is -0.496 e. The third-order valence-corrected chi connectivity index (χ3v) is 25.6. The fourth-order valence-electron chi connectivity index (χ4n) is 13.6. The average Bonchev–Trinajstić information content (AvgIpc) is 1.62. The Morgan fingerprint density at radius 1 is 0.368 bits per heavy atom. The predicted molar refractivity (Wildman–Crippen MR) is 567 cm³/mol. The zero-order chi connectivity index (χ0) is 108. The Morgan fingerprint density at radius 3 is 1.16 bits per heavy atom. The van der Waals surface area contributed by atoms with Crippen molar-refractivity contribution in [3.8, 4) is 23.0 Å². The highest BCUT2D eigenvalue weighted by atomic mass is 79.9. The summed E-state index contributed by atoms with van der Waals surface area (Å²) in [6.45, 7) is 17.8. The second kappa shape index (κ2) is 74.5. The van der Waals surface area contributed by atoms with E-state index in [0.717, 1.165) is 76.2 Å². The van der Waals surface area contributed by atoms with Crippen molar-refractivity contribution in [1.82, 2.24) is 30.0 Å². The maximum atomic E-state index is 11.8. The largest absolute Gasteiger partial charge is 0.496 e. The lowest BCUT2D eigenvalue weighted by atomic mass is 9.95. The van der Waals surface area contributed by atoms with E-state index in [-0.39, 0.29) is 230 Å². The number of carbonyl (C=O) groups is 18. The second-order valence-corrected chi connectivity index (χ2v) is 36.8. The molecule has 0 bridgehead atoms. The van der Waals surface area contributed by atoms with Crippen LogP contribution in [0.1, 0.15) is 221 Å². The van der Waals surface area contributed by atoms with Crippen molar-refractivity contribution in [3.05, 3.63) is 60.1 Å². The van der Waals surface area contributed by atoms with Gasteiger partial charge >= 0.3 is 47.8 Å². The number of amides is 8. The van der Waals surface area contributed by atoms with Crippen molar-refractivity contribution in [2.24, 2.45) is 0 Å². The van der Waals surface area contributed by atoms with Crippen LogP contribution in [0.15, 0.2) is 48.8 Å². The highest BCUT2D eigenvalue weighted by Crippen LogP contribution is 2.46. The number of fused-ring (bicyclic) bond motifs is 2. The molecule has 8 amide bonds. The van der Waals surface area contributed by atoms with Crippen LogP contribution in [-0.2, 0) is 137 Å². The number of ether oxygens (including phenoxy) is 12. The Hall–Kier alpha value is -8.36. The minimum atomic E-state index is -0.313. The fraction of sp³-hybridized carbons (Fsp3) is 0.621. The molecule has 6 atom stereocenters. The molecule has 3 saturated carbocycles. The number of nitrogens with zero attached hydrogens (tertiary/aromatic N) is 8. The zero-order valence-electron chi connectivity index (χ0n) is 83.3. The summed E-state index contributed by atoms with van der Waals surface area (Å²) >= 11 is 27.5. The van der Waals surface area contributed by atoms with Gasteiger partial charge in [0, 0.05) is 134 Å². The number of nitrogens with one attached hydrogen (secondary N) is 2. The van der Waals surface area contributed by atoms with Gasteiger partial charge in [-0.3, -0.25) is 121 Å². The lowest BCUT2D eigenvalue weighted by molar-refractivity contribution is -0.165. The van der Waals surface area contributed by atoms with Crippen LogP contribution in [0.25, 0.3) is 0 Å². The van der Waals surface area contributed by atoms with E-state index in [1.165, 1.54) is 41.5 Å². The van der Waals surface area contributed by atoms with Crippen LogP contribution in [0.4, 0.5) is 22.9 Å². The van der Waals surface area contributed by atoms with Gasteiger partial charge in [0.25, 0.3) is 11.8 Å². The van der Waals surface area contributed by atoms with Gasteiger partial charge in [-0.15, -0.1) is 0 Å². The number of halogens is 9. The Morgan fingerprint density at radius 2 is 0.757 bits per heavy atom. The quantitative estimate of drug-likeness (QED) is 0.0184. The molecule has 40 nitrogen and oxygen atoms in total. The van der Waals surface area contributed by atoms with Crippen LogP contribution in [-0.4, -0.2) is 288 Å². The molecule has 4 heterocycles. The normalized spacial score (nSPS) is 17.7. The molecule has 0 radical (unpaired) electrons. The van der Waals surface area contributed by atoms with Crippen LogP contribution >= 0.6 is 143 Å². The number of benzene rings is 2. The molecule has 4 fully saturated rings. The number of esters is 8. The molecule has 4 aliphatic carbocycles. The van der Waals surface area contributed by atoms with E-state index in [9.17, 15) is 86.3 Å². The van der Waals surface area contributed by atoms with Gasteiger partial charge in [-0.25, -0.2) is 4.98 Å². The fourth-order valence-corrected chi connectivity index (χ4v) is 15.4. The molecular weight excluding hydrogens is 2480 g/mol. The van der Waals surface area contributed by atoms with E-state index >= 15 is 0 Å². The number of alkyl halides is 9. The molecule has 1 saturated heterocycles. The SMILES string of the molecule is CCC(=O)Cc1cc(OC)c(NC(=O)CBr)cc1OC.CCC(=O)Cc1cnc(NC(=O)CBr)cn1.CCC(=O)N(C)N(C)C(=O)CBr.CCC(=O)N1CCCCN1C(=O)CBr.CCC(=O)N1COc2cc3c(cc21)OCN3C(=O)CBr.CCC(=O)OC1CCC(OC(=O)CBr)CC1.CCC(=O)O[C@@H]1C=C[C@H](OC(=O)CBr)C1.CCC(=O)O[C@@H]1CCC[C@H](OC(=O)CBr)C1.CCC(=O)O[C@@H]1CC[C@H](OC(=O)CBr)C1. The molecule has 3 aliphatic heterocycles. The van der Waals surface area contributed by atoms with Crippen molar-refractivity contribution >= 4 is 273 Å². The number of hydrogen-bond acceptors (Lipinski definition) is 32. The number of methoxy groups -OCH3 is 2. The van der Waals surface area contributed by atoms with Crippen LogP contribution in [0.2, 0.25) is 0 Å². The number of ketones is 2. The number of anilines is 4. The minimum absolute atomic E-state index is 0.00455. The van der Waals surface area contributed by atoms with Gasteiger partial charge in [-0.1, -0.05) is 206 Å². The first-order valence-corrected chi connectivity index (χ1v) is 57.0. The Bertz CT molecular complexity index is 4400. The topological polar surface area (TPSA) is 487 Å². The molecule has 0 unspecified atom stereocenters. The summed E-state index contributed by atoms with van der Waals surface area (Å²) in [6.07, 6.45) is 21.0. The lowest BCUT2D eigenvalue weighted by Crippen LogP contribution is -2.53. The van der Waals surface area contributed by atoms with Gasteiger partial charge in [0.2, 0.25) is 35.4 Å². The molecule has 49 heteroatoms. The number of hydrogen-bond donors (Lipinski definition) is 2. The monoisotopic (exact) mass is 2600 g/mol. The first kappa shape index (κ1) is 132. The van der Waals surface area contributed by atoms with Gasteiger partial charge in [0.15, 0.2) is 19.3 Å². The highest BCUT2D eigenvalue weighted by Gasteiger charge is 2.36. The van der Waals surface area contributed by atoms with Gasteiger partial charge < -0.3 is 67.5 Å². The van der Waals surface area contributed by atoms with E-state index in [1.54, 1.807) is 114 Å². The van der Waals surface area contributed by atoms with Crippen molar-refractivity contribution in [3.63, 3.8) is 0 Å². The maximum absolute atomic E-state index is 11.8. The first-order valence-electron chi connectivity index (χ1n) is 46.9.